The minimum atomic E-state index is -0.0709. The number of piperidine rings is 1. The maximum absolute atomic E-state index is 12.4. The normalized spacial score (nSPS) is 14.5. The smallest absolute Gasteiger partial charge is 0.246 e. The van der Waals surface area contributed by atoms with E-state index in [1.165, 1.54) is 0 Å². The maximum Gasteiger partial charge on any atom is 0.246 e. The molecule has 6 nitrogen and oxygen atoms in total. The van der Waals surface area contributed by atoms with E-state index in [0.29, 0.717) is 50.6 Å². The molecule has 0 saturated carbocycles. The summed E-state index contributed by atoms with van der Waals surface area (Å²) in [5, 5.41) is 2.93. The third-order valence-electron chi connectivity index (χ3n) is 5.12. The van der Waals surface area contributed by atoms with Gasteiger partial charge >= 0.3 is 0 Å². The summed E-state index contributed by atoms with van der Waals surface area (Å²) in [6.07, 6.45) is 4.77. The lowest BCUT2D eigenvalue weighted by Gasteiger charge is -2.30. The average molecular weight is 408 g/mol. The zero-order chi connectivity index (χ0) is 21.2. The molecule has 0 atom stereocenters. The number of hydrogen-bond donors (Lipinski definition) is 1. The fraction of sp³-hybridized carbons (Fsp3) is 0.333. The fourth-order valence-electron chi connectivity index (χ4n) is 3.42. The highest BCUT2D eigenvalue weighted by atomic mass is 16.5. The Morgan fingerprint density at radius 1 is 1.03 bits per heavy atom. The van der Waals surface area contributed by atoms with Crippen LogP contribution in [0.2, 0.25) is 0 Å². The number of carbonyl (C=O) groups is 2. The van der Waals surface area contributed by atoms with Gasteiger partial charge in [0.1, 0.15) is 6.61 Å². The Labute approximate surface area is 177 Å². The van der Waals surface area contributed by atoms with Crippen LogP contribution in [0.5, 0.6) is 11.5 Å². The number of methoxy groups -OCH3 is 1. The Morgan fingerprint density at radius 3 is 2.40 bits per heavy atom. The SMILES string of the molecule is COc1ccccc1OCCNC(=O)C1CCN(C(=O)/C=C/c2ccccc2)CC1. The van der Waals surface area contributed by atoms with Crippen molar-refractivity contribution in [2.24, 2.45) is 5.92 Å². The molecular formula is C24H28N2O4. The van der Waals surface area contributed by atoms with E-state index in [1.807, 2.05) is 60.7 Å². The molecule has 1 N–H and O–H groups in total. The van der Waals surface area contributed by atoms with Crippen molar-refractivity contribution in [2.75, 3.05) is 33.4 Å². The summed E-state index contributed by atoms with van der Waals surface area (Å²) in [6, 6.07) is 17.2. The van der Waals surface area contributed by atoms with E-state index >= 15 is 0 Å². The van der Waals surface area contributed by atoms with Gasteiger partial charge in [-0.1, -0.05) is 42.5 Å². The molecule has 1 heterocycles. The number of nitrogens with zero attached hydrogens (tertiary/aromatic N) is 1. The van der Waals surface area contributed by atoms with Crippen LogP contribution in [0.1, 0.15) is 18.4 Å². The van der Waals surface area contributed by atoms with Gasteiger partial charge in [0.05, 0.1) is 13.7 Å². The van der Waals surface area contributed by atoms with Crippen LogP contribution in [-0.4, -0.2) is 50.1 Å². The molecule has 6 heteroatoms. The molecule has 1 aliphatic heterocycles. The third-order valence-corrected chi connectivity index (χ3v) is 5.12. The number of amides is 2. The van der Waals surface area contributed by atoms with Crippen LogP contribution in [0.3, 0.4) is 0 Å². The zero-order valence-electron chi connectivity index (χ0n) is 17.3. The second kappa shape index (κ2) is 11.0. The molecule has 0 unspecified atom stereocenters. The summed E-state index contributed by atoms with van der Waals surface area (Å²) in [4.78, 5) is 26.6. The molecule has 0 bridgehead atoms. The van der Waals surface area contributed by atoms with Crippen molar-refractivity contribution in [3.63, 3.8) is 0 Å². The van der Waals surface area contributed by atoms with Gasteiger partial charge in [-0.25, -0.2) is 0 Å². The molecular weight excluding hydrogens is 380 g/mol. The van der Waals surface area contributed by atoms with Gasteiger partial charge in [-0.3, -0.25) is 9.59 Å². The Hall–Kier alpha value is -3.28. The Bertz CT molecular complexity index is 859. The Balaban J connectivity index is 1.36. The topological polar surface area (TPSA) is 67.9 Å². The molecule has 1 saturated heterocycles. The summed E-state index contributed by atoms with van der Waals surface area (Å²) < 4.78 is 10.9. The van der Waals surface area contributed by atoms with Gasteiger partial charge < -0.3 is 19.7 Å². The molecule has 0 aromatic heterocycles. The van der Waals surface area contributed by atoms with Gasteiger partial charge in [0.25, 0.3) is 0 Å². The van der Waals surface area contributed by atoms with E-state index in [9.17, 15) is 9.59 Å². The fourth-order valence-corrected chi connectivity index (χ4v) is 3.42. The van der Waals surface area contributed by atoms with E-state index in [0.717, 1.165) is 5.56 Å². The van der Waals surface area contributed by atoms with Crippen LogP contribution >= 0.6 is 0 Å². The lowest BCUT2D eigenvalue weighted by Crippen LogP contribution is -2.43. The van der Waals surface area contributed by atoms with Crippen molar-refractivity contribution < 1.29 is 19.1 Å². The van der Waals surface area contributed by atoms with E-state index in [4.69, 9.17) is 9.47 Å². The van der Waals surface area contributed by atoms with Gasteiger partial charge in [-0.2, -0.15) is 0 Å². The molecule has 2 amide bonds. The van der Waals surface area contributed by atoms with Crippen LogP contribution < -0.4 is 14.8 Å². The first-order chi connectivity index (χ1) is 14.7. The van der Waals surface area contributed by atoms with Crippen molar-refractivity contribution in [3.05, 3.63) is 66.2 Å². The largest absolute Gasteiger partial charge is 0.493 e. The van der Waals surface area contributed by atoms with Gasteiger partial charge in [-0.15, -0.1) is 0 Å². The number of hydrogen-bond acceptors (Lipinski definition) is 4. The number of likely N-dealkylation sites (tertiary alicyclic amines) is 1. The average Bonchev–Trinajstić information content (AvgIpc) is 2.81. The van der Waals surface area contributed by atoms with Crippen LogP contribution in [-0.2, 0) is 9.59 Å². The summed E-state index contributed by atoms with van der Waals surface area (Å²) >= 11 is 0. The van der Waals surface area contributed by atoms with Crippen LogP contribution in [0.15, 0.2) is 60.7 Å². The summed E-state index contributed by atoms with van der Waals surface area (Å²) in [6.45, 7) is 1.98. The van der Waals surface area contributed by atoms with Gasteiger partial charge in [-0.05, 0) is 36.6 Å². The number of para-hydroxylation sites is 2. The monoisotopic (exact) mass is 408 g/mol. The molecule has 30 heavy (non-hydrogen) atoms. The second-order valence-corrected chi connectivity index (χ2v) is 7.13. The van der Waals surface area contributed by atoms with Crippen molar-refractivity contribution in [3.8, 4) is 11.5 Å². The number of carbonyl (C=O) groups excluding carboxylic acids is 2. The maximum atomic E-state index is 12.4. The lowest BCUT2D eigenvalue weighted by atomic mass is 9.96. The molecule has 3 rings (SSSR count). The van der Waals surface area contributed by atoms with Gasteiger partial charge in [0.2, 0.25) is 11.8 Å². The number of rotatable bonds is 8. The standard InChI is InChI=1S/C24H28N2O4/c1-29-21-9-5-6-10-22(21)30-18-15-25-24(28)20-13-16-26(17-14-20)23(27)12-11-19-7-3-2-4-8-19/h2-12,20H,13-18H2,1H3,(H,25,28)/b12-11+. The molecule has 2 aromatic carbocycles. The first kappa shape index (κ1) is 21.4. The Morgan fingerprint density at radius 2 is 1.70 bits per heavy atom. The van der Waals surface area contributed by atoms with Gasteiger partial charge in [0.15, 0.2) is 11.5 Å². The van der Waals surface area contributed by atoms with E-state index in [-0.39, 0.29) is 17.7 Å². The van der Waals surface area contributed by atoms with Gasteiger partial charge in [0, 0.05) is 25.1 Å². The molecule has 158 valence electrons. The highest BCUT2D eigenvalue weighted by Gasteiger charge is 2.26. The number of ether oxygens (including phenoxy) is 2. The van der Waals surface area contributed by atoms with Crippen molar-refractivity contribution in [1.29, 1.82) is 0 Å². The van der Waals surface area contributed by atoms with Crippen LogP contribution in [0.25, 0.3) is 6.08 Å². The third kappa shape index (κ3) is 6.11. The van der Waals surface area contributed by atoms with E-state index < -0.39 is 0 Å². The number of benzene rings is 2. The molecule has 1 aliphatic rings. The summed E-state index contributed by atoms with van der Waals surface area (Å²) in [7, 11) is 1.60. The minimum absolute atomic E-state index is 0.0112. The van der Waals surface area contributed by atoms with Crippen molar-refractivity contribution in [2.45, 2.75) is 12.8 Å². The highest BCUT2D eigenvalue weighted by Crippen LogP contribution is 2.25. The summed E-state index contributed by atoms with van der Waals surface area (Å²) in [5.74, 6) is 1.26. The first-order valence-electron chi connectivity index (χ1n) is 10.2. The molecule has 0 aliphatic carbocycles. The summed E-state index contributed by atoms with van der Waals surface area (Å²) in [5.41, 5.74) is 0.996. The molecule has 0 spiro atoms. The van der Waals surface area contributed by atoms with E-state index in [1.54, 1.807) is 18.1 Å². The molecule has 1 fully saturated rings. The minimum Gasteiger partial charge on any atom is -0.493 e. The van der Waals surface area contributed by atoms with Crippen molar-refractivity contribution in [1.82, 2.24) is 10.2 Å². The highest BCUT2D eigenvalue weighted by molar-refractivity contribution is 5.92. The second-order valence-electron chi connectivity index (χ2n) is 7.13. The van der Waals surface area contributed by atoms with Crippen LogP contribution in [0.4, 0.5) is 0 Å². The molecule has 2 aromatic rings. The van der Waals surface area contributed by atoms with E-state index in [2.05, 4.69) is 5.32 Å². The predicted octanol–water partition coefficient (Wildman–Crippen LogP) is 3.14. The first-order valence-corrected chi connectivity index (χ1v) is 10.2. The predicted molar refractivity (Wildman–Crippen MR) is 116 cm³/mol. The Kier molecular flexibility index (Phi) is 7.89. The van der Waals surface area contributed by atoms with Crippen LogP contribution in [0, 0.1) is 5.92 Å². The van der Waals surface area contributed by atoms with Crippen molar-refractivity contribution >= 4 is 17.9 Å². The number of nitrogens with one attached hydrogen (secondary N) is 1. The molecule has 0 radical (unpaired) electrons. The zero-order valence-corrected chi connectivity index (χ0v) is 17.3. The quantitative estimate of drug-likeness (QED) is 0.538. The lowest BCUT2D eigenvalue weighted by molar-refractivity contribution is -0.132.